The standard InChI is InChI=1S/C19H22N2S2/c22-19(20-13-14-23-16-9-2-1-3-10-16)21-18-12-6-8-15-7-4-5-11-17(15)18/h1-5,7,9-11,18H,6,8,12-14H2,(H2,20,21,22)/t18-/m0/s1. The van der Waals surface area contributed by atoms with Crippen LogP contribution in [0.2, 0.25) is 0 Å². The monoisotopic (exact) mass is 342 g/mol. The van der Waals surface area contributed by atoms with Crippen molar-refractivity contribution in [3.63, 3.8) is 0 Å². The molecular formula is C19H22N2S2. The fourth-order valence-corrected chi connectivity index (χ4v) is 4.00. The van der Waals surface area contributed by atoms with Gasteiger partial charge >= 0.3 is 0 Å². The predicted octanol–water partition coefficient (Wildman–Crippen LogP) is 4.32. The molecule has 0 spiro atoms. The van der Waals surface area contributed by atoms with Crippen molar-refractivity contribution >= 4 is 29.1 Å². The lowest BCUT2D eigenvalue weighted by molar-refractivity contribution is 0.524. The number of nitrogens with one attached hydrogen (secondary N) is 2. The number of benzene rings is 2. The van der Waals surface area contributed by atoms with Gasteiger partial charge in [-0.05, 0) is 54.7 Å². The SMILES string of the molecule is S=C(NCCSc1ccccc1)N[C@H]1CCCc2ccccc21. The number of hydrogen-bond acceptors (Lipinski definition) is 2. The molecule has 4 heteroatoms. The number of thiocarbonyl (C=S) groups is 1. The highest BCUT2D eigenvalue weighted by atomic mass is 32.2. The molecule has 120 valence electrons. The molecule has 2 aromatic carbocycles. The second kappa shape index (κ2) is 8.37. The van der Waals surface area contributed by atoms with Gasteiger partial charge in [0.25, 0.3) is 0 Å². The summed E-state index contributed by atoms with van der Waals surface area (Å²) >= 11 is 7.31. The van der Waals surface area contributed by atoms with Crippen LogP contribution in [-0.2, 0) is 6.42 Å². The lowest BCUT2D eigenvalue weighted by atomic mass is 9.88. The number of fused-ring (bicyclic) bond motifs is 1. The Kier molecular flexibility index (Phi) is 5.94. The minimum absolute atomic E-state index is 0.349. The van der Waals surface area contributed by atoms with E-state index in [1.54, 1.807) is 0 Å². The van der Waals surface area contributed by atoms with Crippen molar-refractivity contribution in [2.45, 2.75) is 30.2 Å². The summed E-state index contributed by atoms with van der Waals surface area (Å²) in [4.78, 5) is 1.30. The highest BCUT2D eigenvalue weighted by molar-refractivity contribution is 7.99. The number of thioether (sulfide) groups is 1. The zero-order chi connectivity index (χ0) is 15.9. The van der Waals surface area contributed by atoms with Crippen molar-refractivity contribution in [1.82, 2.24) is 10.6 Å². The molecule has 2 N–H and O–H groups in total. The fourth-order valence-electron chi connectivity index (χ4n) is 2.96. The van der Waals surface area contributed by atoms with Crippen molar-refractivity contribution in [1.29, 1.82) is 0 Å². The van der Waals surface area contributed by atoms with E-state index in [4.69, 9.17) is 12.2 Å². The quantitative estimate of drug-likeness (QED) is 0.480. The molecule has 0 saturated carbocycles. The number of aryl methyl sites for hydroxylation is 1. The van der Waals surface area contributed by atoms with Gasteiger partial charge in [0, 0.05) is 17.2 Å². The van der Waals surface area contributed by atoms with Gasteiger partial charge in [-0.3, -0.25) is 0 Å². The summed E-state index contributed by atoms with van der Waals surface area (Å²) in [7, 11) is 0. The molecule has 1 atom stereocenters. The Bertz CT molecular complexity index is 643. The molecule has 0 saturated heterocycles. The highest BCUT2D eigenvalue weighted by Gasteiger charge is 2.19. The van der Waals surface area contributed by atoms with Crippen molar-refractivity contribution in [3.05, 3.63) is 65.7 Å². The molecule has 0 fully saturated rings. The van der Waals surface area contributed by atoms with E-state index < -0.39 is 0 Å². The average molecular weight is 343 g/mol. The Morgan fingerprint density at radius 2 is 1.87 bits per heavy atom. The van der Waals surface area contributed by atoms with Crippen molar-refractivity contribution in [3.8, 4) is 0 Å². The van der Waals surface area contributed by atoms with Crippen LogP contribution in [0.25, 0.3) is 0 Å². The summed E-state index contributed by atoms with van der Waals surface area (Å²) in [6, 6.07) is 19.5. The maximum atomic E-state index is 5.46. The largest absolute Gasteiger partial charge is 0.362 e. The van der Waals surface area contributed by atoms with Crippen LogP contribution in [0.15, 0.2) is 59.5 Å². The summed E-state index contributed by atoms with van der Waals surface area (Å²) in [5.41, 5.74) is 2.86. The van der Waals surface area contributed by atoms with Crippen LogP contribution in [0.4, 0.5) is 0 Å². The van der Waals surface area contributed by atoms with Crippen LogP contribution in [0.3, 0.4) is 0 Å². The predicted molar refractivity (Wildman–Crippen MR) is 103 cm³/mol. The van der Waals surface area contributed by atoms with Gasteiger partial charge in [0.05, 0.1) is 6.04 Å². The van der Waals surface area contributed by atoms with Crippen molar-refractivity contribution in [2.24, 2.45) is 0 Å². The summed E-state index contributed by atoms with van der Waals surface area (Å²) in [6.45, 7) is 0.875. The summed E-state index contributed by atoms with van der Waals surface area (Å²) in [5.74, 6) is 1.01. The lowest BCUT2D eigenvalue weighted by Crippen LogP contribution is -2.39. The van der Waals surface area contributed by atoms with Gasteiger partial charge in [0.15, 0.2) is 5.11 Å². The molecule has 0 unspecified atom stereocenters. The Balaban J connectivity index is 1.43. The summed E-state index contributed by atoms with van der Waals surface area (Å²) in [5, 5.41) is 7.58. The Hall–Kier alpha value is -1.52. The zero-order valence-corrected chi connectivity index (χ0v) is 14.8. The van der Waals surface area contributed by atoms with Crippen molar-refractivity contribution in [2.75, 3.05) is 12.3 Å². The molecule has 0 heterocycles. The molecule has 1 aliphatic carbocycles. The van der Waals surface area contributed by atoms with Gasteiger partial charge in [0.2, 0.25) is 0 Å². The van der Waals surface area contributed by atoms with E-state index in [2.05, 4.69) is 59.2 Å². The van der Waals surface area contributed by atoms with Crippen LogP contribution in [-0.4, -0.2) is 17.4 Å². The summed E-state index contributed by atoms with van der Waals surface area (Å²) in [6.07, 6.45) is 3.56. The van der Waals surface area contributed by atoms with E-state index in [0.29, 0.717) is 6.04 Å². The van der Waals surface area contributed by atoms with E-state index >= 15 is 0 Å². The lowest BCUT2D eigenvalue weighted by Gasteiger charge is -2.27. The second-order valence-corrected chi connectivity index (χ2v) is 7.28. The van der Waals surface area contributed by atoms with Gasteiger partial charge in [0.1, 0.15) is 0 Å². The van der Waals surface area contributed by atoms with E-state index in [-0.39, 0.29) is 0 Å². The Labute approximate surface area is 148 Å². The normalized spacial score (nSPS) is 16.4. The zero-order valence-electron chi connectivity index (χ0n) is 13.1. The summed E-state index contributed by atoms with van der Waals surface area (Å²) < 4.78 is 0. The highest BCUT2D eigenvalue weighted by Crippen LogP contribution is 2.29. The van der Waals surface area contributed by atoms with Crippen LogP contribution >= 0.6 is 24.0 Å². The maximum absolute atomic E-state index is 5.46. The van der Waals surface area contributed by atoms with Crippen molar-refractivity contribution < 1.29 is 0 Å². The first-order chi connectivity index (χ1) is 11.3. The molecule has 0 aliphatic heterocycles. The number of hydrogen-bond donors (Lipinski definition) is 2. The van der Waals surface area contributed by atoms with Gasteiger partial charge in [-0.1, -0.05) is 42.5 Å². The second-order valence-electron chi connectivity index (χ2n) is 5.71. The fraction of sp³-hybridized carbons (Fsp3) is 0.316. The van der Waals surface area contributed by atoms with Crippen LogP contribution in [0.5, 0.6) is 0 Å². The molecule has 2 nitrogen and oxygen atoms in total. The van der Waals surface area contributed by atoms with Gasteiger partial charge in [-0.2, -0.15) is 0 Å². The minimum atomic E-state index is 0.349. The molecule has 3 rings (SSSR count). The molecular weight excluding hydrogens is 320 g/mol. The average Bonchev–Trinajstić information content (AvgIpc) is 2.60. The molecule has 1 aliphatic rings. The third-order valence-corrected chi connectivity index (χ3v) is 5.35. The Morgan fingerprint density at radius 3 is 2.74 bits per heavy atom. The molecule has 0 bridgehead atoms. The van der Waals surface area contributed by atoms with E-state index in [0.717, 1.165) is 23.8 Å². The third kappa shape index (κ3) is 4.72. The van der Waals surface area contributed by atoms with Crippen LogP contribution < -0.4 is 10.6 Å². The smallest absolute Gasteiger partial charge is 0.166 e. The first-order valence-corrected chi connectivity index (χ1v) is 9.52. The molecule has 0 amide bonds. The topological polar surface area (TPSA) is 24.1 Å². The molecule has 2 aromatic rings. The van der Waals surface area contributed by atoms with E-state index in [1.165, 1.54) is 28.9 Å². The molecule has 0 radical (unpaired) electrons. The van der Waals surface area contributed by atoms with Crippen LogP contribution in [0.1, 0.15) is 30.0 Å². The van der Waals surface area contributed by atoms with E-state index in [1.807, 2.05) is 17.8 Å². The van der Waals surface area contributed by atoms with Gasteiger partial charge in [-0.15, -0.1) is 11.8 Å². The first kappa shape index (κ1) is 16.3. The molecule has 0 aromatic heterocycles. The maximum Gasteiger partial charge on any atom is 0.166 e. The minimum Gasteiger partial charge on any atom is -0.362 e. The van der Waals surface area contributed by atoms with Gasteiger partial charge < -0.3 is 10.6 Å². The van der Waals surface area contributed by atoms with E-state index in [9.17, 15) is 0 Å². The first-order valence-electron chi connectivity index (χ1n) is 8.13. The number of rotatable bonds is 5. The van der Waals surface area contributed by atoms with Gasteiger partial charge in [-0.25, -0.2) is 0 Å². The van der Waals surface area contributed by atoms with Crippen LogP contribution in [0, 0.1) is 0 Å². The third-order valence-electron chi connectivity index (χ3n) is 4.07. The molecule has 23 heavy (non-hydrogen) atoms. The Morgan fingerprint density at radius 1 is 1.09 bits per heavy atom.